The number of amides is 3. The Morgan fingerprint density at radius 2 is 1.75 bits per heavy atom. The Labute approximate surface area is 184 Å². The first kappa shape index (κ1) is 23.6. The van der Waals surface area contributed by atoms with Gasteiger partial charge in [-0.1, -0.05) is 37.6 Å². The maximum absolute atomic E-state index is 13.1. The normalized spacial score (nSPS) is 18.9. The van der Waals surface area contributed by atoms with Crippen molar-refractivity contribution in [1.29, 1.82) is 0 Å². The first-order valence-corrected chi connectivity index (χ1v) is 10.4. The number of carbonyl (C=O) groups excluding carboxylic acids is 3. The number of hydrogen-bond acceptors (Lipinski definition) is 3. The minimum atomic E-state index is -4.44. The molecule has 1 atom stereocenters. The standard InChI is InChI=1S/C23H26F3N3O3/c1-5-6-16-7-9-17(10-8-16)22(4)20(31)28(21(32)27-22)12-19(30)18-11-14(2)29(15(18)3)13-23(24,25)26/h7-11H,5-6,12-13H2,1-4H3,(H,27,32). The van der Waals surface area contributed by atoms with Crippen LogP contribution in [0.25, 0.3) is 0 Å². The van der Waals surface area contributed by atoms with Crippen LogP contribution in [-0.2, 0) is 23.3 Å². The third-order valence-electron chi connectivity index (χ3n) is 5.86. The maximum Gasteiger partial charge on any atom is 0.406 e. The number of imide groups is 1. The van der Waals surface area contributed by atoms with E-state index in [2.05, 4.69) is 12.2 Å². The van der Waals surface area contributed by atoms with E-state index in [1.807, 2.05) is 12.1 Å². The summed E-state index contributed by atoms with van der Waals surface area (Å²) in [5.41, 5.74) is 0.857. The van der Waals surface area contributed by atoms with Gasteiger partial charge in [0.25, 0.3) is 5.91 Å². The monoisotopic (exact) mass is 449 g/mol. The molecule has 9 heteroatoms. The molecule has 0 spiro atoms. The van der Waals surface area contributed by atoms with Crippen LogP contribution in [0, 0.1) is 13.8 Å². The lowest BCUT2D eigenvalue weighted by Gasteiger charge is -2.22. The predicted molar refractivity (Wildman–Crippen MR) is 112 cm³/mol. The molecule has 0 bridgehead atoms. The topological polar surface area (TPSA) is 71.4 Å². The lowest BCUT2D eigenvalue weighted by Crippen LogP contribution is -2.41. The Balaban J connectivity index is 1.81. The Kier molecular flexibility index (Phi) is 6.22. The summed E-state index contributed by atoms with van der Waals surface area (Å²) in [5, 5.41) is 2.65. The number of urea groups is 1. The second-order valence-corrected chi connectivity index (χ2v) is 8.30. The largest absolute Gasteiger partial charge is 0.406 e. The number of rotatable bonds is 7. The van der Waals surface area contributed by atoms with Gasteiger partial charge in [0.05, 0.1) is 6.54 Å². The van der Waals surface area contributed by atoms with Crippen molar-refractivity contribution in [1.82, 2.24) is 14.8 Å². The smallest absolute Gasteiger partial charge is 0.339 e. The maximum atomic E-state index is 13.1. The Hall–Kier alpha value is -3.10. The molecule has 3 amide bonds. The molecule has 1 fully saturated rings. The first-order chi connectivity index (χ1) is 14.9. The molecule has 3 rings (SSSR count). The van der Waals surface area contributed by atoms with Gasteiger partial charge in [-0.15, -0.1) is 0 Å². The lowest BCUT2D eigenvalue weighted by molar-refractivity contribution is -0.141. The molecule has 6 nitrogen and oxygen atoms in total. The van der Waals surface area contributed by atoms with Gasteiger partial charge in [0.1, 0.15) is 12.1 Å². The highest BCUT2D eigenvalue weighted by atomic mass is 19.4. The van der Waals surface area contributed by atoms with Crippen LogP contribution in [0.4, 0.5) is 18.0 Å². The number of halogens is 3. The molecule has 1 aliphatic rings. The summed E-state index contributed by atoms with van der Waals surface area (Å²) in [6.45, 7) is 4.76. The van der Waals surface area contributed by atoms with Crippen LogP contribution in [0.5, 0.6) is 0 Å². The summed E-state index contributed by atoms with van der Waals surface area (Å²) in [5.74, 6) is -1.18. The van der Waals surface area contributed by atoms with Gasteiger partial charge in [0, 0.05) is 17.0 Å². The van der Waals surface area contributed by atoms with E-state index in [0.29, 0.717) is 5.56 Å². The van der Waals surface area contributed by atoms with Gasteiger partial charge in [-0.25, -0.2) is 4.79 Å². The average Bonchev–Trinajstić information content (AvgIpc) is 3.10. The fourth-order valence-corrected chi connectivity index (χ4v) is 4.06. The van der Waals surface area contributed by atoms with Gasteiger partial charge in [-0.05, 0) is 44.4 Å². The number of nitrogens with zero attached hydrogens (tertiary/aromatic N) is 2. The van der Waals surface area contributed by atoms with Crippen LogP contribution in [0.3, 0.4) is 0 Å². The molecular weight excluding hydrogens is 423 g/mol. The first-order valence-electron chi connectivity index (χ1n) is 10.4. The Bertz CT molecular complexity index is 1060. The number of ketones is 1. The minimum Gasteiger partial charge on any atom is -0.339 e. The minimum absolute atomic E-state index is 0.0601. The summed E-state index contributed by atoms with van der Waals surface area (Å²) in [4.78, 5) is 39.3. The summed E-state index contributed by atoms with van der Waals surface area (Å²) >= 11 is 0. The Morgan fingerprint density at radius 3 is 2.31 bits per heavy atom. The fourth-order valence-electron chi connectivity index (χ4n) is 4.06. The molecule has 0 aliphatic carbocycles. The van der Waals surface area contributed by atoms with Gasteiger partial charge in [-0.3, -0.25) is 14.5 Å². The third-order valence-corrected chi connectivity index (χ3v) is 5.86. The van der Waals surface area contributed by atoms with Crippen molar-refractivity contribution < 1.29 is 27.6 Å². The van der Waals surface area contributed by atoms with Crippen molar-refractivity contribution in [3.05, 3.63) is 58.4 Å². The number of Topliss-reactive ketones (excluding diaryl/α,β-unsaturated/α-hetero) is 1. The molecular formula is C23H26F3N3O3. The summed E-state index contributed by atoms with van der Waals surface area (Å²) in [6, 6.07) is 7.98. The highest BCUT2D eigenvalue weighted by Gasteiger charge is 2.49. The number of nitrogens with one attached hydrogen (secondary N) is 1. The molecule has 1 N–H and O–H groups in total. The molecule has 2 aromatic rings. The zero-order chi connectivity index (χ0) is 23.8. The van der Waals surface area contributed by atoms with E-state index in [0.717, 1.165) is 27.9 Å². The zero-order valence-corrected chi connectivity index (χ0v) is 18.5. The predicted octanol–water partition coefficient (Wildman–Crippen LogP) is 4.27. The summed E-state index contributed by atoms with van der Waals surface area (Å²) < 4.78 is 39.5. The van der Waals surface area contributed by atoms with Crippen LogP contribution in [0.1, 0.15) is 53.1 Å². The average molecular weight is 449 g/mol. The summed E-state index contributed by atoms with van der Waals surface area (Å²) in [7, 11) is 0. The highest BCUT2D eigenvalue weighted by Crippen LogP contribution is 2.30. The van der Waals surface area contributed by atoms with E-state index in [4.69, 9.17) is 0 Å². The van der Waals surface area contributed by atoms with Crippen LogP contribution in [0.2, 0.25) is 0 Å². The molecule has 1 aliphatic heterocycles. The molecule has 32 heavy (non-hydrogen) atoms. The molecule has 0 saturated carbocycles. The number of aromatic nitrogens is 1. The number of aryl methyl sites for hydroxylation is 2. The molecule has 1 aromatic heterocycles. The molecule has 2 heterocycles. The van der Waals surface area contributed by atoms with Crippen LogP contribution < -0.4 is 5.32 Å². The van der Waals surface area contributed by atoms with Crippen molar-refractivity contribution in [2.75, 3.05) is 6.54 Å². The van der Waals surface area contributed by atoms with Gasteiger partial charge >= 0.3 is 12.2 Å². The van der Waals surface area contributed by atoms with Crippen molar-refractivity contribution in [2.24, 2.45) is 0 Å². The number of benzene rings is 1. The molecule has 1 saturated heterocycles. The van der Waals surface area contributed by atoms with E-state index >= 15 is 0 Å². The van der Waals surface area contributed by atoms with E-state index in [1.54, 1.807) is 19.1 Å². The van der Waals surface area contributed by atoms with E-state index in [9.17, 15) is 27.6 Å². The van der Waals surface area contributed by atoms with E-state index in [-0.39, 0.29) is 17.0 Å². The second-order valence-electron chi connectivity index (χ2n) is 8.30. The lowest BCUT2D eigenvalue weighted by atomic mass is 9.91. The molecule has 1 aromatic carbocycles. The second kappa shape index (κ2) is 8.44. The number of alkyl halides is 3. The van der Waals surface area contributed by atoms with Crippen LogP contribution in [-0.4, -0.2) is 39.9 Å². The number of carbonyl (C=O) groups is 3. The van der Waals surface area contributed by atoms with Gasteiger partial charge in [0.2, 0.25) is 0 Å². The van der Waals surface area contributed by atoms with Gasteiger partial charge < -0.3 is 9.88 Å². The van der Waals surface area contributed by atoms with Crippen molar-refractivity contribution >= 4 is 17.7 Å². The molecule has 172 valence electrons. The fraction of sp³-hybridized carbons (Fsp3) is 0.435. The van der Waals surface area contributed by atoms with Crippen LogP contribution in [0.15, 0.2) is 30.3 Å². The third kappa shape index (κ3) is 4.42. The summed E-state index contributed by atoms with van der Waals surface area (Å²) in [6.07, 6.45) is -2.56. The van der Waals surface area contributed by atoms with E-state index < -0.39 is 42.5 Å². The number of hydrogen-bond donors (Lipinski definition) is 1. The van der Waals surface area contributed by atoms with Gasteiger partial charge in [-0.2, -0.15) is 13.2 Å². The Morgan fingerprint density at radius 1 is 1.12 bits per heavy atom. The van der Waals surface area contributed by atoms with Crippen molar-refractivity contribution in [2.45, 2.75) is 58.8 Å². The van der Waals surface area contributed by atoms with Crippen molar-refractivity contribution in [3.8, 4) is 0 Å². The van der Waals surface area contributed by atoms with E-state index in [1.165, 1.54) is 19.9 Å². The van der Waals surface area contributed by atoms with Gasteiger partial charge in [0.15, 0.2) is 5.78 Å². The quantitative estimate of drug-likeness (QED) is 0.507. The van der Waals surface area contributed by atoms with Crippen LogP contribution >= 0.6 is 0 Å². The highest BCUT2D eigenvalue weighted by molar-refractivity contribution is 6.11. The SMILES string of the molecule is CCCc1ccc(C2(C)NC(=O)N(CC(=O)c3cc(C)n(CC(F)(F)F)c3C)C2=O)cc1. The molecule has 1 unspecified atom stereocenters. The van der Waals surface area contributed by atoms with Crippen molar-refractivity contribution in [3.63, 3.8) is 0 Å². The molecule has 0 radical (unpaired) electrons. The zero-order valence-electron chi connectivity index (χ0n) is 18.5.